The second kappa shape index (κ2) is 8.34. The summed E-state index contributed by atoms with van der Waals surface area (Å²) in [7, 11) is 3.53. The van der Waals surface area contributed by atoms with Crippen molar-refractivity contribution in [1.82, 2.24) is 4.90 Å². The highest BCUT2D eigenvalue weighted by molar-refractivity contribution is 5.77. The van der Waals surface area contributed by atoms with Crippen LogP contribution in [0, 0.1) is 5.82 Å². The summed E-state index contributed by atoms with van der Waals surface area (Å²) in [6.07, 6.45) is 2.35. The van der Waals surface area contributed by atoms with Crippen molar-refractivity contribution in [3.63, 3.8) is 0 Å². The molecular weight excluding hydrogens is 321 g/mol. The molecule has 1 unspecified atom stereocenters. The lowest BCUT2D eigenvalue weighted by Gasteiger charge is -2.35. The first-order valence-electron chi connectivity index (χ1n) is 8.25. The Morgan fingerprint density at radius 3 is 2.40 bits per heavy atom. The van der Waals surface area contributed by atoms with Gasteiger partial charge in [0.25, 0.3) is 0 Å². The van der Waals surface area contributed by atoms with Gasteiger partial charge in [0.2, 0.25) is 0 Å². The Bertz CT molecular complexity index is 715. The highest BCUT2D eigenvalue weighted by atomic mass is 19.1. The second-order valence-corrected chi connectivity index (χ2v) is 6.33. The van der Waals surface area contributed by atoms with Crippen molar-refractivity contribution in [2.75, 3.05) is 14.1 Å². The number of aldehydes is 1. The first kappa shape index (κ1) is 19.2. The van der Waals surface area contributed by atoms with Gasteiger partial charge in [-0.1, -0.05) is 30.3 Å². The van der Waals surface area contributed by atoms with Gasteiger partial charge in [-0.2, -0.15) is 0 Å². The quantitative estimate of drug-likeness (QED) is 0.570. The third kappa shape index (κ3) is 4.31. The molecule has 2 N–H and O–H groups in total. The predicted molar refractivity (Wildman–Crippen MR) is 94.7 cm³/mol. The highest BCUT2D eigenvalue weighted by Gasteiger charge is 2.31. The fourth-order valence-electron chi connectivity index (χ4n) is 3.07. The highest BCUT2D eigenvalue weighted by Crippen LogP contribution is 2.30. The average Bonchev–Trinajstić information content (AvgIpc) is 2.61. The van der Waals surface area contributed by atoms with Gasteiger partial charge in [0.15, 0.2) is 0 Å². The van der Waals surface area contributed by atoms with E-state index in [1.165, 1.54) is 12.1 Å². The van der Waals surface area contributed by atoms with E-state index in [1.54, 1.807) is 49.3 Å². The van der Waals surface area contributed by atoms with Crippen molar-refractivity contribution in [2.24, 2.45) is 0 Å². The molecule has 0 radical (unpaired) electrons. The van der Waals surface area contributed by atoms with E-state index >= 15 is 0 Å². The SMILES string of the molecule is CN(C)C(O)(CCCc1c(C=O)cccc1CO)c1ccc(F)cc1. The Hall–Kier alpha value is -2.08. The molecule has 2 rings (SSSR count). The lowest BCUT2D eigenvalue weighted by molar-refractivity contribution is -0.0972. The molecule has 5 heteroatoms. The zero-order valence-electron chi connectivity index (χ0n) is 14.6. The Labute approximate surface area is 147 Å². The maximum absolute atomic E-state index is 13.2. The zero-order valence-corrected chi connectivity index (χ0v) is 14.6. The van der Waals surface area contributed by atoms with Crippen molar-refractivity contribution in [1.29, 1.82) is 0 Å². The van der Waals surface area contributed by atoms with E-state index < -0.39 is 5.72 Å². The van der Waals surface area contributed by atoms with E-state index in [-0.39, 0.29) is 12.4 Å². The first-order valence-corrected chi connectivity index (χ1v) is 8.25. The van der Waals surface area contributed by atoms with Crippen LogP contribution in [0.15, 0.2) is 42.5 Å². The van der Waals surface area contributed by atoms with Gasteiger partial charge in [0, 0.05) is 5.56 Å². The number of aliphatic hydroxyl groups is 2. The van der Waals surface area contributed by atoms with Gasteiger partial charge in [-0.05, 0) is 62.2 Å². The number of aliphatic hydroxyl groups excluding tert-OH is 1. The molecular formula is C20H24FNO3. The number of hydrogen-bond acceptors (Lipinski definition) is 4. The summed E-state index contributed by atoms with van der Waals surface area (Å²) < 4.78 is 13.2. The largest absolute Gasteiger partial charge is 0.392 e. The van der Waals surface area contributed by atoms with E-state index in [4.69, 9.17) is 0 Å². The van der Waals surface area contributed by atoms with E-state index in [0.717, 1.165) is 17.4 Å². The average molecular weight is 345 g/mol. The molecule has 0 aliphatic rings. The van der Waals surface area contributed by atoms with Gasteiger partial charge in [0.05, 0.1) is 6.61 Å². The summed E-state index contributed by atoms with van der Waals surface area (Å²) >= 11 is 0. The van der Waals surface area contributed by atoms with Crippen LogP contribution in [0.4, 0.5) is 4.39 Å². The van der Waals surface area contributed by atoms with Crippen LogP contribution in [0.1, 0.15) is 39.9 Å². The molecule has 0 amide bonds. The van der Waals surface area contributed by atoms with Gasteiger partial charge in [-0.25, -0.2) is 4.39 Å². The molecule has 0 heterocycles. The van der Waals surface area contributed by atoms with Gasteiger partial charge >= 0.3 is 0 Å². The summed E-state index contributed by atoms with van der Waals surface area (Å²) in [5.41, 5.74) is 1.47. The van der Waals surface area contributed by atoms with Crippen molar-refractivity contribution in [3.05, 3.63) is 70.5 Å². The molecule has 2 aromatic rings. The molecule has 0 aliphatic heterocycles. The van der Waals surface area contributed by atoms with Crippen LogP contribution in [0.3, 0.4) is 0 Å². The Balaban J connectivity index is 2.18. The number of carbonyl (C=O) groups is 1. The van der Waals surface area contributed by atoms with E-state index in [1.807, 2.05) is 0 Å². The second-order valence-electron chi connectivity index (χ2n) is 6.33. The molecule has 2 aromatic carbocycles. The molecule has 1 atom stereocenters. The summed E-state index contributed by atoms with van der Waals surface area (Å²) in [6.45, 7) is -0.132. The van der Waals surface area contributed by atoms with Crippen LogP contribution in [-0.4, -0.2) is 35.5 Å². The smallest absolute Gasteiger partial charge is 0.150 e. The molecule has 0 aromatic heterocycles. The monoisotopic (exact) mass is 345 g/mol. The zero-order chi connectivity index (χ0) is 18.4. The number of benzene rings is 2. The topological polar surface area (TPSA) is 60.8 Å². The fourth-order valence-corrected chi connectivity index (χ4v) is 3.07. The van der Waals surface area contributed by atoms with Gasteiger partial charge in [-0.3, -0.25) is 9.69 Å². The minimum absolute atomic E-state index is 0.132. The standard InChI is InChI=1S/C20H24FNO3/c1-22(2)20(25,17-8-10-18(21)11-9-17)12-4-7-19-15(13-23)5-3-6-16(19)14-24/h3,5-6,8-11,13,24-25H,4,7,12,14H2,1-2H3. The molecule has 25 heavy (non-hydrogen) atoms. The Kier molecular flexibility index (Phi) is 6.42. The van der Waals surface area contributed by atoms with E-state index in [0.29, 0.717) is 30.4 Å². The first-order chi connectivity index (χ1) is 11.9. The number of halogens is 1. The Morgan fingerprint density at radius 1 is 1.16 bits per heavy atom. The maximum Gasteiger partial charge on any atom is 0.150 e. The van der Waals surface area contributed by atoms with Gasteiger partial charge in [-0.15, -0.1) is 0 Å². The molecule has 134 valence electrons. The lowest BCUT2D eigenvalue weighted by atomic mass is 9.91. The van der Waals surface area contributed by atoms with Crippen LogP contribution < -0.4 is 0 Å². The number of nitrogens with zero attached hydrogens (tertiary/aromatic N) is 1. The van der Waals surface area contributed by atoms with Crippen molar-refractivity contribution < 1.29 is 19.4 Å². The minimum Gasteiger partial charge on any atom is -0.392 e. The molecule has 0 spiro atoms. The van der Waals surface area contributed by atoms with E-state index in [9.17, 15) is 19.4 Å². The van der Waals surface area contributed by atoms with Crippen molar-refractivity contribution in [2.45, 2.75) is 31.6 Å². The summed E-state index contributed by atoms with van der Waals surface area (Å²) in [5.74, 6) is -0.350. The number of carbonyl (C=O) groups excluding carboxylic acids is 1. The number of rotatable bonds is 8. The van der Waals surface area contributed by atoms with Gasteiger partial charge < -0.3 is 10.2 Å². The summed E-state index contributed by atoms with van der Waals surface area (Å²) in [6, 6.07) is 11.1. The van der Waals surface area contributed by atoms with Crippen LogP contribution in [0.2, 0.25) is 0 Å². The minimum atomic E-state index is -1.23. The normalized spacial score (nSPS) is 13.7. The Morgan fingerprint density at radius 2 is 1.84 bits per heavy atom. The predicted octanol–water partition coefficient (Wildman–Crippen LogP) is 2.86. The van der Waals surface area contributed by atoms with Crippen molar-refractivity contribution >= 4 is 6.29 Å². The fraction of sp³-hybridized carbons (Fsp3) is 0.350. The molecule has 0 saturated heterocycles. The van der Waals surface area contributed by atoms with Crippen LogP contribution >= 0.6 is 0 Å². The van der Waals surface area contributed by atoms with E-state index in [2.05, 4.69) is 0 Å². The molecule has 0 aliphatic carbocycles. The van der Waals surface area contributed by atoms with Crippen LogP contribution in [-0.2, 0) is 18.8 Å². The summed E-state index contributed by atoms with van der Waals surface area (Å²) in [5, 5.41) is 20.5. The van der Waals surface area contributed by atoms with Gasteiger partial charge in [0.1, 0.15) is 17.8 Å². The van der Waals surface area contributed by atoms with Crippen molar-refractivity contribution in [3.8, 4) is 0 Å². The maximum atomic E-state index is 13.2. The van der Waals surface area contributed by atoms with Crippen LogP contribution in [0.25, 0.3) is 0 Å². The molecule has 0 bridgehead atoms. The third-order valence-electron chi connectivity index (χ3n) is 4.61. The number of hydrogen-bond donors (Lipinski definition) is 2. The third-order valence-corrected chi connectivity index (χ3v) is 4.61. The molecule has 0 fully saturated rings. The lowest BCUT2D eigenvalue weighted by Crippen LogP contribution is -2.41. The summed E-state index contributed by atoms with van der Waals surface area (Å²) in [4.78, 5) is 12.9. The molecule has 4 nitrogen and oxygen atoms in total. The molecule has 0 saturated carbocycles. The van der Waals surface area contributed by atoms with Crippen LogP contribution in [0.5, 0.6) is 0 Å².